The summed E-state index contributed by atoms with van der Waals surface area (Å²) in [4.78, 5) is 54.6. The molecule has 6 atom stereocenters. The van der Waals surface area contributed by atoms with Crippen LogP contribution in [0.25, 0.3) is 10.9 Å². The molecule has 1 aromatic carbocycles. The first kappa shape index (κ1) is 31.8. The number of carbonyl (C=O) groups excluding carboxylic acids is 3. The number of fused-ring (bicyclic) bond motifs is 1. The molecule has 0 saturated heterocycles. The molecule has 6 unspecified atom stereocenters. The van der Waals surface area contributed by atoms with E-state index in [0.29, 0.717) is 19.3 Å². The van der Waals surface area contributed by atoms with Gasteiger partial charge in [-0.05, 0) is 42.2 Å². The third-order valence-electron chi connectivity index (χ3n) is 7.36. The molecule has 10 heteroatoms. The molecule has 0 aliphatic carbocycles. The molecule has 216 valence electrons. The van der Waals surface area contributed by atoms with E-state index in [1.807, 2.05) is 65.1 Å². The Morgan fingerprint density at radius 1 is 0.872 bits per heavy atom. The van der Waals surface area contributed by atoms with Crippen molar-refractivity contribution in [2.24, 2.45) is 23.5 Å². The SMILES string of the molecule is CCC(C)C(NC(=O)C(NC(=O)C(CC(C)C)NC(=O)C(N)Cc1c[nH]c2ccccc12)C(C)CC)C(=O)O. The van der Waals surface area contributed by atoms with Crippen molar-refractivity contribution in [3.63, 3.8) is 0 Å². The van der Waals surface area contributed by atoms with Crippen molar-refractivity contribution in [1.82, 2.24) is 20.9 Å². The average molecular weight is 544 g/mol. The van der Waals surface area contributed by atoms with Gasteiger partial charge in [0, 0.05) is 17.1 Å². The third-order valence-corrected chi connectivity index (χ3v) is 7.36. The Morgan fingerprint density at radius 3 is 2.05 bits per heavy atom. The van der Waals surface area contributed by atoms with Crippen LogP contribution in [-0.2, 0) is 25.6 Å². The molecule has 2 rings (SSSR count). The Labute approximate surface area is 230 Å². The van der Waals surface area contributed by atoms with E-state index in [0.717, 1.165) is 16.5 Å². The highest BCUT2D eigenvalue weighted by molar-refractivity contribution is 5.94. The van der Waals surface area contributed by atoms with Crippen molar-refractivity contribution in [2.75, 3.05) is 0 Å². The molecule has 39 heavy (non-hydrogen) atoms. The number of carbonyl (C=O) groups is 4. The van der Waals surface area contributed by atoms with Crippen LogP contribution in [0.5, 0.6) is 0 Å². The molecular weight excluding hydrogens is 498 g/mol. The quantitative estimate of drug-likeness (QED) is 0.202. The van der Waals surface area contributed by atoms with Gasteiger partial charge in [0.05, 0.1) is 6.04 Å². The number of amides is 3. The van der Waals surface area contributed by atoms with Crippen LogP contribution in [0.4, 0.5) is 0 Å². The molecule has 0 bridgehead atoms. The van der Waals surface area contributed by atoms with Crippen LogP contribution in [0.3, 0.4) is 0 Å². The fraction of sp³-hybridized carbons (Fsp3) is 0.586. The molecule has 0 saturated carbocycles. The predicted octanol–water partition coefficient (Wildman–Crippen LogP) is 2.72. The molecule has 0 spiro atoms. The van der Waals surface area contributed by atoms with Gasteiger partial charge >= 0.3 is 5.97 Å². The Hall–Kier alpha value is -3.40. The summed E-state index contributed by atoms with van der Waals surface area (Å²) in [6, 6.07) is 3.92. The second-order valence-corrected chi connectivity index (χ2v) is 10.9. The number of hydrogen-bond donors (Lipinski definition) is 6. The zero-order valence-corrected chi connectivity index (χ0v) is 23.9. The highest BCUT2D eigenvalue weighted by atomic mass is 16.4. The van der Waals surface area contributed by atoms with Gasteiger partial charge < -0.3 is 31.8 Å². The van der Waals surface area contributed by atoms with Gasteiger partial charge in [-0.15, -0.1) is 0 Å². The van der Waals surface area contributed by atoms with Gasteiger partial charge in [0.25, 0.3) is 0 Å². The van der Waals surface area contributed by atoms with E-state index in [1.54, 1.807) is 6.92 Å². The number of H-pyrrole nitrogens is 1. The van der Waals surface area contributed by atoms with E-state index >= 15 is 0 Å². The molecular formula is C29H45N5O5. The number of carboxylic acids is 1. The van der Waals surface area contributed by atoms with Gasteiger partial charge in [-0.25, -0.2) is 4.79 Å². The lowest BCUT2D eigenvalue weighted by atomic mass is 9.94. The first-order valence-corrected chi connectivity index (χ1v) is 13.8. The zero-order chi connectivity index (χ0) is 29.3. The van der Waals surface area contributed by atoms with E-state index in [-0.39, 0.29) is 24.2 Å². The topological polar surface area (TPSA) is 166 Å². The molecule has 0 fully saturated rings. The number of aromatic amines is 1. The molecule has 10 nitrogen and oxygen atoms in total. The van der Waals surface area contributed by atoms with E-state index in [4.69, 9.17) is 5.73 Å². The molecule has 1 heterocycles. The van der Waals surface area contributed by atoms with Crippen molar-refractivity contribution in [1.29, 1.82) is 0 Å². The van der Waals surface area contributed by atoms with Crippen LogP contribution >= 0.6 is 0 Å². The van der Waals surface area contributed by atoms with E-state index in [1.165, 1.54) is 0 Å². The maximum Gasteiger partial charge on any atom is 0.326 e. The summed E-state index contributed by atoms with van der Waals surface area (Å²) < 4.78 is 0. The number of hydrogen-bond acceptors (Lipinski definition) is 5. The van der Waals surface area contributed by atoms with Crippen molar-refractivity contribution in [3.05, 3.63) is 36.0 Å². The molecule has 0 radical (unpaired) electrons. The number of para-hydroxylation sites is 1. The first-order valence-electron chi connectivity index (χ1n) is 13.8. The fourth-order valence-corrected chi connectivity index (χ4v) is 4.49. The maximum atomic E-state index is 13.4. The second kappa shape index (κ2) is 14.7. The molecule has 0 aliphatic rings. The monoisotopic (exact) mass is 543 g/mol. The lowest BCUT2D eigenvalue weighted by Gasteiger charge is -2.29. The number of nitrogens with two attached hydrogens (primary N) is 1. The summed E-state index contributed by atoms with van der Waals surface area (Å²) in [6.07, 6.45) is 3.61. The van der Waals surface area contributed by atoms with Crippen LogP contribution in [0.15, 0.2) is 30.5 Å². The minimum atomic E-state index is -1.12. The van der Waals surface area contributed by atoms with Crippen LogP contribution in [0, 0.1) is 17.8 Å². The highest BCUT2D eigenvalue weighted by Crippen LogP contribution is 2.19. The summed E-state index contributed by atoms with van der Waals surface area (Å²) in [5.41, 5.74) is 8.10. The maximum absolute atomic E-state index is 13.4. The van der Waals surface area contributed by atoms with Gasteiger partial charge in [-0.2, -0.15) is 0 Å². The zero-order valence-electron chi connectivity index (χ0n) is 23.9. The summed E-state index contributed by atoms with van der Waals surface area (Å²) in [7, 11) is 0. The normalized spacial score (nSPS) is 16.1. The van der Waals surface area contributed by atoms with Crippen molar-refractivity contribution in [3.8, 4) is 0 Å². The van der Waals surface area contributed by atoms with Gasteiger partial charge in [0.15, 0.2) is 0 Å². The van der Waals surface area contributed by atoms with E-state index < -0.39 is 47.9 Å². The number of aromatic nitrogens is 1. The molecule has 2 aromatic rings. The van der Waals surface area contributed by atoms with Crippen molar-refractivity contribution >= 4 is 34.6 Å². The molecule has 3 amide bonds. The average Bonchev–Trinajstić information content (AvgIpc) is 3.30. The number of benzene rings is 1. The van der Waals surface area contributed by atoms with Gasteiger partial charge in [0.2, 0.25) is 17.7 Å². The lowest BCUT2D eigenvalue weighted by Crippen LogP contribution is -2.59. The lowest BCUT2D eigenvalue weighted by molar-refractivity contribution is -0.144. The molecule has 7 N–H and O–H groups in total. The number of nitrogens with one attached hydrogen (secondary N) is 4. The van der Waals surface area contributed by atoms with Crippen molar-refractivity contribution < 1.29 is 24.3 Å². The third kappa shape index (κ3) is 8.81. The Balaban J connectivity index is 2.16. The van der Waals surface area contributed by atoms with Crippen LogP contribution in [-0.4, -0.2) is 57.9 Å². The summed E-state index contributed by atoms with van der Waals surface area (Å²) in [5.74, 6) is -3.13. The Kier molecular flexibility index (Phi) is 12.0. The fourth-order valence-electron chi connectivity index (χ4n) is 4.49. The molecule has 0 aliphatic heterocycles. The van der Waals surface area contributed by atoms with Crippen LogP contribution in [0.1, 0.15) is 66.4 Å². The van der Waals surface area contributed by atoms with E-state index in [9.17, 15) is 24.3 Å². The predicted molar refractivity (Wildman–Crippen MR) is 152 cm³/mol. The number of aliphatic carboxylic acids is 1. The van der Waals surface area contributed by atoms with Crippen LogP contribution in [0.2, 0.25) is 0 Å². The summed E-state index contributed by atoms with van der Waals surface area (Å²) >= 11 is 0. The molecule has 1 aromatic heterocycles. The first-order chi connectivity index (χ1) is 18.4. The summed E-state index contributed by atoms with van der Waals surface area (Å²) in [6.45, 7) is 11.2. The minimum absolute atomic E-state index is 0.0727. The standard InChI is InChI=1S/C29H45N5O5/c1-7-17(5)24(28(37)34-25(29(38)39)18(6)8-2)33-27(36)23(13-16(3)4)32-26(35)21(30)14-19-15-31-22-12-10-9-11-20(19)22/h9-12,15-18,21,23-25,31H,7-8,13-14,30H2,1-6H3,(H,32,35)(H,33,36)(H,34,37)(H,38,39). The summed E-state index contributed by atoms with van der Waals surface area (Å²) in [5, 5.41) is 18.8. The smallest absolute Gasteiger partial charge is 0.326 e. The number of rotatable bonds is 15. The minimum Gasteiger partial charge on any atom is -0.480 e. The van der Waals surface area contributed by atoms with Crippen LogP contribution < -0.4 is 21.7 Å². The highest BCUT2D eigenvalue weighted by Gasteiger charge is 2.34. The van der Waals surface area contributed by atoms with E-state index in [2.05, 4.69) is 20.9 Å². The van der Waals surface area contributed by atoms with Gasteiger partial charge in [0.1, 0.15) is 18.1 Å². The second-order valence-electron chi connectivity index (χ2n) is 10.9. The van der Waals surface area contributed by atoms with Gasteiger partial charge in [-0.3, -0.25) is 14.4 Å². The Morgan fingerprint density at radius 2 is 1.46 bits per heavy atom. The van der Waals surface area contributed by atoms with Crippen molar-refractivity contribution in [2.45, 2.75) is 91.4 Å². The van der Waals surface area contributed by atoms with Gasteiger partial charge in [-0.1, -0.05) is 72.6 Å². The Bertz CT molecular complexity index is 1130. The number of carboxylic acid groups (broad SMARTS) is 1. The largest absolute Gasteiger partial charge is 0.480 e.